The molecule has 0 radical (unpaired) electrons. The maximum atomic E-state index is 14.4. The minimum absolute atomic E-state index is 0.102. The van der Waals surface area contributed by atoms with E-state index in [2.05, 4.69) is 10.6 Å². The Morgan fingerprint density at radius 2 is 1.34 bits per heavy atom. The fraction of sp³-hybridized carbons (Fsp3) is 0.371. The van der Waals surface area contributed by atoms with Gasteiger partial charge in [0.1, 0.15) is 11.5 Å². The van der Waals surface area contributed by atoms with Crippen molar-refractivity contribution in [2.45, 2.75) is 13.3 Å². The fourth-order valence-electron chi connectivity index (χ4n) is 6.91. The summed E-state index contributed by atoms with van der Waals surface area (Å²) < 4.78 is 28.6. The van der Waals surface area contributed by atoms with E-state index in [4.69, 9.17) is 33.9 Å². The van der Waals surface area contributed by atoms with Gasteiger partial charge < -0.3 is 49.6 Å². The van der Waals surface area contributed by atoms with E-state index in [0.717, 1.165) is 5.57 Å². The zero-order valence-corrected chi connectivity index (χ0v) is 26.8. The lowest BCUT2D eigenvalue weighted by Crippen LogP contribution is -2.16. The standard InChI is InChI=1S/C35H38N2O10/c1-17-13-18-24-25-19(14-17)35(45-4)34(42)26-20(36-5-9-46-11-7-38)15-22(43-2)28(30(25)26)29-23(44-3)16-21(40)27(31(24)29)33(41)32(18)37-6-10-47-12-8-39/h13,15-16,36-39,41H,5-12,14H2,1-4H3. The molecule has 0 fully saturated rings. The van der Waals surface area contributed by atoms with Gasteiger partial charge in [-0.25, -0.2) is 0 Å². The molecule has 0 unspecified atom stereocenters. The quantitative estimate of drug-likeness (QED) is 0.0488. The molecule has 0 aromatic heterocycles. The lowest BCUT2D eigenvalue weighted by atomic mass is 9.83. The molecule has 6 rings (SSSR count). The molecule has 1 aliphatic rings. The van der Waals surface area contributed by atoms with Crippen LogP contribution in [0.25, 0.3) is 49.2 Å². The summed E-state index contributed by atoms with van der Waals surface area (Å²) in [5.74, 6) is 0.686. The predicted molar refractivity (Wildman–Crippen MR) is 183 cm³/mol. The minimum Gasteiger partial charge on any atom is -0.505 e. The first-order valence-electron chi connectivity index (χ1n) is 15.4. The van der Waals surface area contributed by atoms with Crippen molar-refractivity contribution >= 4 is 60.5 Å². The number of rotatable bonds is 15. The molecule has 0 heterocycles. The Kier molecular flexibility index (Phi) is 9.11. The summed E-state index contributed by atoms with van der Waals surface area (Å²) in [6.07, 6.45) is 2.33. The summed E-state index contributed by atoms with van der Waals surface area (Å²) in [4.78, 5) is 28.2. The van der Waals surface area contributed by atoms with Gasteiger partial charge in [-0.15, -0.1) is 0 Å². The highest BCUT2D eigenvalue weighted by molar-refractivity contribution is 6.40. The Morgan fingerprint density at radius 1 is 0.723 bits per heavy atom. The fourth-order valence-corrected chi connectivity index (χ4v) is 6.91. The number of aliphatic hydroxyl groups is 2. The van der Waals surface area contributed by atoms with Crippen molar-refractivity contribution in [3.05, 3.63) is 49.3 Å². The van der Waals surface area contributed by atoms with Crippen molar-refractivity contribution in [1.82, 2.24) is 0 Å². The lowest BCUT2D eigenvalue weighted by Gasteiger charge is -2.24. The highest BCUT2D eigenvalue weighted by Crippen LogP contribution is 2.55. The van der Waals surface area contributed by atoms with Crippen LogP contribution in [0.15, 0.2) is 27.3 Å². The second-order valence-corrected chi connectivity index (χ2v) is 11.4. The topological polar surface area (TPSA) is 165 Å². The number of hydrogen-bond acceptors (Lipinski definition) is 12. The summed E-state index contributed by atoms with van der Waals surface area (Å²) in [6.45, 7) is 3.25. The molecular weight excluding hydrogens is 608 g/mol. The summed E-state index contributed by atoms with van der Waals surface area (Å²) >= 11 is 0. The van der Waals surface area contributed by atoms with Crippen molar-refractivity contribution in [2.24, 2.45) is 0 Å². The van der Waals surface area contributed by atoms with Crippen LogP contribution in [0, 0.1) is 0 Å². The molecule has 5 N–H and O–H groups in total. The van der Waals surface area contributed by atoms with E-state index in [-0.39, 0.29) is 74.2 Å². The third kappa shape index (κ3) is 5.17. The number of benzene rings is 5. The van der Waals surface area contributed by atoms with Crippen molar-refractivity contribution in [2.75, 3.05) is 84.7 Å². The SMILES string of the molecule is COc1c2c3c4c(c(NCCOCCO)c(O)c5c(=O)cc(OC)c(c6c(OC)cc(NCCOCCO)c(c1=O)c63)c54)C=C(C)C2. The lowest BCUT2D eigenvalue weighted by molar-refractivity contribution is 0.0992. The van der Waals surface area contributed by atoms with E-state index in [1.54, 1.807) is 6.07 Å². The molecule has 47 heavy (non-hydrogen) atoms. The number of aliphatic hydroxyl groups excluding tert-OH is 2. The average molecular weight is 647 g/mol. The molecule has 0 amide bonds. The average Bonchev–Trinajstić information content (AvgIpc) is 3.21. The maximum absolute atomic E-state index is 14.4. The van der Waals surface area contributed by atoms with Crippen molar-refractivity contribution in [1.29, 1.82) is 0 Å². The van der Waals surface area contributed by atoms with Gasteiger partial charge in [-0.05, 0) is 18.7 Å². The Balaban J connectivity index is 1.83. The molecule has 5 aromatic rings. The largest absolute Gasteiger partial charge is 0.505 e. The molecule has 0 spiro atoms. The molecule has 12 heteroatoms. The third-order valence-electron chi connectivity index (χ3n) is 8.64. The van der Waals surface area contributed by atoms with Crippen LogP contribution in [0.1, 0.15) is 18.1 Å². The molecule has 0 aliphatic heterocycles. The smallest absolute Gasteiger partial charge is 0.230 e. The van der Waals surface area contributed by atoms with Crippen LogP contribution in [-0.4, -0.2) is 89.4 Å². The first kappa shape index (κ1) is 32.3. The number of anilines is 2. The number of hydrogen-bond donors (Lipinski definition) is 5. The molecule has 12 nitrogen and oxygen atoms in total. The van der Waals surface area contributed by atoms with Gasteiger partial charge in [-0.2, -0.15) is 0 Å². The van der Waals surface area contributed by atoms with Gasteiger partial charge in [0.2, 0.25) is 5.43 Å². The molecule has 5 aromatic carbocycles. The molecule has 0 saturated carbocycles. The number of methoxy groups -OCH3 is 3. The number of allylic oxidation sites excluding steroid dienone is 1. The molecule has 248 valence electrons. The highest BCUT2D eigenvalue weighted by atomic mass is 16.5. The highest BCUT2D eigenvalue weighted by Gasteiger charge is 2.32. The van der Waals surface area contributed by atoms with E-state index < -0.39 is 5.43 Å². The van der Waals surface area contributed by atoms with Crippen LogP contribution in [0.3, 0.4) is 0 Å². The van der Waals surface area contributed by atoms with Gasteiger partial charge in [0.15, 0.2) is 16.9 Å². The summed E-state index contributed by atoms with van der Waals surface area (Å²) in [5.41, 5.74) is 2.32. The number of phenols is 1. The Bertz CT molecular complexity index is 2130. The van der Waals surface area contributed by atoms with Gasteiger partial charge in [-0.1, -0.05) is 11.6 Å². The van der Waals surface area contributed by atoms with E-state index in [0.29, 0.717) is 78.9 Å². The van der Waals surface area contributed by atoms with E-state index >= 15 is 0 Å². The summed E-state index contributed by atoms with van der Waals surface area (Å²) in [5, 5.41) is 40.7. The van der Waals surface area contributed by atoms with E-state index in [1.165, 1.54) is 27.4 Å². The Labute approximate surface area is 269 Å². The van der Waals surface area contributed by atoms with Crippen LogP contribution >= 0.6 is 0 Å². The van der Waals surface area contributed by atoms with Gasteiger partial charge >= 0.3 is 0 Å². The normalized spacial score (nSPS) is 12.8. The van der Waals surface area contributed by atoms with Gasteiger partial charge in [0.25, 0.3) is 0 Å². The molecule has 0 atom stereocenters. The Hall–Kier alpha value is -4.62. The second kappa shape index (κ2) is 13.2. The monoisotopic (exact) mass is 646 g/mol. The summed E-state index contributed by atoms with van der Waals surface area (Å²) in [7, 11) is 4.48. The van der Waals surface area contributed by atoms with Crippen LogP contribution in [-0.2, 0) is 15.9 Å². The molecule has 1 aliphatic carbocycles. The van der Waals surface area contributed by atoms with E-state index in [9.17, 15) is 14.7 Å². The van der Waals surface area contributed by atoms with Crippen LogP contribution in [0.2, 0.25) is 0 Å². The van der Waals surface area contributed by atoms with Gasteiger partial charge in [0, 0.05) is 69.0 Å². The predicted octanol–water partition coefficient (Wildman–Crippen LogP) is 3.43. The molecular formula is C35H38N2O10. The number of fused-ring (bicyclic) bond motifs is 1. The Morgan fingerprint density at radius 3 is 1.96 bits per heavy atom. The van der Waals surface area contributed by atoms with Crippen molar-refractivity contribution in [3.63, 3.8) is 0 Å². The first-order valence-corrected chi connectivity index (χ1v) is 15.4. The van der Waals surface area contributed by atoms with E-state index in [1.807, 2.05) is 13.0 Å². The zero-order chi connectivity index (χ0) is 33.4. The van der Waals surface area contributed by atoms with Crippen LogP contribution in [0.4, 0.5) is 11.4 Å². The van der Waals surface area contributed by atoms with Crippen molar-refractivity contribution in [3.8, 4) is 23.0 Å². The maximum Gasteiger partial charge on any atom is 0.230 e. The molecule has 0 saturated heterocycles. The zero-order valence-electron chi connectivity index (χ0n) is 26.8. The van der Waals surface area contributed by atoms with Gasteiger partial charge in [-0.3, -0.25) is 9.59 Å². The first-order chi connectivity index (χ1) is 22.8. The third-order valence-corrected chi connectivity index (χ3v) is 8.64. The number of ether oxygens (including phenoxy) is 5. The number of phenolic OH excluding ortho intramolecular Hbond substituents is 1. The molecule has 0 bridgehead atoms. The van der Waals surface area contributed by atoms with Gasteiger partial charge in [0.05, 0.1) is 77.4 Å². The minimum atomic E-state index is -0.431. The van der Waals surface area contributed by atoms with Crippen molar-refractivity contribution < 1.29 is 39.0 Å². The number of aromatic hydroxyl groups is 1. The van der Waals surface area contributed by atoms with Crippen LogP contribution < -0.4 is 35.7 Å². The second-order valence-electron chi connectivity index (χ2n) is 11.4. The summed E-state index contributed by atoms with van der Waals surface area (Å²) in [6, 6.07) is 3.08. The van der Waals surface area contributed by atoms with Crippen LogP contribution in [0.5, 0.6) is 23.0 Å². The number of nitrogens with one attached hydrogen (secondary N) is 2.